The number of carbonyl (C=O) groups is 3. The number of anilines is 1. The third-order valence-electron chi connectivity index (χ3n) is 3.91. The number of methoxy groups -OCH3 is 1. The van der Waals surface area contributed by atoms with Crippen LogP contribution in [0.4, 0.5) is 9.93 Å². The Balaban J connectivity index is 2.06. The van der Waals surface area contributed by atoms with Crippen molar-refractivity contribution < 1.29 is 27.5 Å². The molecule has 1 aliphatic rings. The summed E-state index contributed by atoms with van der Waals surface area (Å²) in [5.74, 6) is -1.68. The van der Waals surface area contributed by atoms with Crippen LogP contribution in [0.3, 0.4) is 0 Å². The van der Waals surface area contributed by atoms with Gasteiger partial charge in [0, 0.05) is 5.38 Å². The lowest BCUT2D eigenvalue weighted by Crippen LogP contribution is -2.54. The lowest BCUT2D eigenvalue weighted by molar-refractivity contribution is -0.141. The van der Waals surface area contributed by atoms with Crippen molar-refractivity contribution >= 4 is 44.2 Å². The Kier molecular flexibility index (Phi) is 4.98. The van der Waals surface area contributed by atoms with E-state index in [-0.39, 0.29) is 15.6 Å². The summed E-state index contributed by atoms with van der Waals surface area (Å²) in [5, 5.41) is 2.59. The third-order valence-corrected chi connectivity index (χ3v) is 6.85. The van der Waals surface area contributed by atoms with Crippen molar-refractivity contribution in [1.82, 2.24) is 9.88 Å². The van der Waals surface area contributed by atoms with Gasteiger partial charge in [-0.1, -0.05) is 12.1 Å². The van der Waals surface area contributed by atoms with Crippen LogP contribution in [0.15, 0.2) is 34.5 Å². The van der Waals surface area contributed by atoms with Gasteiger partial charge >= 0.3 is 12.0 Å². The van der Waals surface area contributed by atoms with Gasteiger partial charge in [-0.15, -0.1) is 11.3 Å². The van der Waals surface area contributed by atoms with E-state index in [4.69, 9.17) is 0 Å². The number of sulfone groups is 1. The number of benzene rings is 1. The van der Waals surface area contributed by atoms with Crippen LogP contribution >= 0.6 is 11.3 Å². The highest BCUT2D eigenvalue weighted by molar-refractivity contribution is 7.92. The summed E-state index contributed by atoms with van der Waals surface area (Å²) in [5.41, 5.74) is 0.522. The smallest absolute Gasteiger partial charge is 0.331 e. The molecule has 0 radical (unpaired) electrons. The Morgan fingerprint density at radius 3 is 2.67 bits per heavy atom. The molecule has 3 rings (SSSR count). The molecule has 0 saturated carbocycles. The van der Waals surface area contributed by atoms with E-state index >= 15 is 0 Å². The van der Waals surface area contributed by atoms with Crippen LogP contribution in [0.25, 0.3) is 0 Å². The average Bonchev–Trinajstić information content (AvgIpc) is 3.04. The standard InChI is InChI=1S/C16H15N3O6S2/c1-9-8-26-15(17-9)18-16(22)19-12(7-13(20)25-2)27(23,24)11-6-4-3-5-10(11)14(19)21/h3-6,8,12H,7H2,1-2H3,(H,17,18,22). The van der Waals surface area contributed by atoms with E-state index in [0.29, 0.717) is 10.6 Å². The maximum Gasteiger partial charge on any atom is 0.331 e. The fourth-order valence-corrected chi connectivity index (χ4v) is 5.18. The molecule has 1 aromatic heterocycles. The topological polar surface area (TPSA) is 123 Å². The molecule has 3 amide bonds. The van der Waals surface area contributed by atoms with Gasteiger partial charge in [0.25, 0.3) is 5.91 Å². The number of hydrogen-bond donors (Lipinski definition) is 1. The molecule has 2 heterocycles. The maximum absolute atomic E-state index is 13.0. The minimum atomic E-state index is -4.18. The molecule has 0 bridgehead atoms. The Morgan fingerprint density at radius 1 is 1.33 bits per heavy atom. The van der Waals surface area contributed by atoms with Crippen LogP contribution in [0.2, 0.25) is 0 Å². The number of urea groups is 1. The summed E-state index contributed by atoms with van der Waals surface area (Å²) in [6.45, 7) is 1.72. The summed E-state index contributed by atoms with van der Waals surface area (Å²) >= 11 is 1.13. The lowest BCUT2D eigenvalue weighted by Gasteiger charge is -2.33. The van der Waals surface area contributed by atoms with Gasteiger partial charge < -0.3 is 4.74 Å². The van der Waals surface area contributed by atoms with Gasteiger partial charge in [-0.05, 0) is 19.1 Å². The van der Waals surface area contributed by atoms with Crippen molar-refractivity contribution in [2.45, 2.75) is 23.6 Å². The number of thiazole rings is 1. The minimum Gasteiger partial charge on any atom is -0.469 e. The first-order valence-corrected chi connectivity index (χ1v) is 10.1. The number of carbonyl (C=O) groups excluding carboxylic acids is 3. The van der Waals surface area contributed by atoms with Gasteiger partial charge in [0.2, 0.25) is 9.84 Å². The zero-order valence-electron chi connectivity index (χ0n) is 14.3. The Labute approximate surface area is 158 Å². The predicted molar refractivity (Wildman–Crippen MR) is 96.1 cm³/mol. The molecule has 2 aromatic rings. The lowest BCUT2D eigenvalue weighted by atomic mass is 10.2. The van der Waals surface area contributed by atoms with Crippen LogP contribution in [0.5, 0.6) is 0 Å². The van der Waals surface area contributed by atoms with Crippen LogP contribution in [-0.2, 0) is 19.4 Å². The molecule has 0 saturated heterocycles. The molecular formula is C16H15N3O6S2. The Bertz CT molecular complexity index is 1030. The molecule has 11 heteroatoms. The van der Waals surface area contributed by atoms with E-state index in [1.165, 1.54) is 24.3 Å². The number of aryl methyl sites for hydroxylation is 1. The van der Waals surface area contributed by atoms with Crippen LogP contribution in [0.1, 0.15) is 22.5 Å². The van der Waals surface area contributed by atoms with Crippen LogP contribution in [-0.4, -0.2) is 48.7 Å². The molecule has 1 aromatic carbocycles. The zero-order valence-corrected chi connectivity index (χ0v) is 16.0. The average molecular weight is 409 g/mol. The molecule has 1 N–H and O–H groups in total. The van der Waals surface area contributed by atoms with E-state index in [2.05, 4.69) is 15.0 Å². The molecule has 1 atom stereocenters. The van der Waals surface area contributed by atoms with Crippen molar-refractivity contribution in [3.8, 4) is 0 Å². The predicted octanol–water partition coefficient (Wildman–Crippen LogP) is 1.80. The SMILES string of the molecule is COC(=O)CC1N(C(=O)Nc2nc(C)cs2)C(=O)c2ccccc2S1(=O)=O. The summed E-state index contributed by atoms with van der Waals surface area (Å²) < 4.78 is 30.5. The van der Waals surface area contributed by atoms with E-state index < -0.39 is 39.5 Å². The van der Waals surface area contributed by atoms with Crippen molar-refractivity contribution in [2.24, 2.45) is 0 Å². The highest BCUT2D eigenvalue weighted by Crippen LogP contribution is 2.32. The van der Waals surface area contributed by atoms with Gasteiger partial charge in [0.1, 0.15) is 0 Å². The number of rotatable bonds is 3. The largest absolute Gasteiger partial charge is 0.469 e. The molecule has 1 aliphatic heterocycles. The van der Waals surface area contributed by atoms with Crippen LogP contribution in [0, 0.1) is 6.92 Å². The number of hydrogen-bond acceptors (Lipinski definition) is 8. The van der Waals surface area contributed by atoms with Crippen LogP contribution < -0.4 is 5.32 Å². The fourth-order valence-electron chi connectivity index (χ4n) is 2.65. The normalized spacial score (nSPS) is 17.9. The monoisotopic (exact) mass is 409 g/mol. The number of imide groups is 1. The molecule has 0 fully saturated rings. The van der Waals surface area contributed by atoms with Crippen molar-refractivity contribution in [3.63, 3.8) is 0 Å². The molecule has 142 valence electrons. The number of nitrogens with one attached hydrogen (secondary N) is 1. The third kappa shape index (κ3) is 3.43. The first-order valence-electron chi connectivity index (χ1n) is 7.72. The van der Waals surface area contributed by atoms with E-state index in [0.717, 1.165) is 18.4 Å². The van der Waals surface area contributed by atoms with Crippen molar-refractivity contribution in [1.29, 1.82) is 0 Å². The van der Waals surface area contributed by atoms with Crippen molar-refractivity contribution in [2.75, 3.05) is 12.4 Å². The highest BCUT2D eigenvalue weighted by Gasteiger charge is 2.47. The Hall–Kier alpha value is -2.79. The van der Waals surface area contributed by atoms with Gasteiger partial charge in [-0.3, -0.25) is 14.9 Å². The molecule has 9 nitrogen and oxygen atoms in total. The molecule has 0 aliphatic carbocycles. The maximum atomic E-state index is 13.0. The van der Waals surface area contributed by atoms with Gasteiger partial charge in [0.05, 0.1) is 29.7 Å². The molecule has 0 spiro atoms. The van der Waals surface area contributed by atoms with Gasteiger partial charge in [-0.25, -0.2) is 23.1 Å². The van der Waals surface area contributed by atoms with Crippen molar-refractivity contribution in [3.05, 3.63) is 40.9 Å². The summed E-state index contributed by atoms with van der Waals surface area (Å²) in [7, 11) is -3.08. The van der Waals surface area contributed by atoms with Gasteiger partial charge in [-0.2, -0.15) is 0 Å². The fraction of sp³-hybridized carbons (Fsp3) is 0.250. The number of amides is 3. The van der Waals surface area contributed by atoms with E-state index in [9.17, 15) is 22.8 Å². The van der Waals surface area contributed by atoms with Gasteiger partial charge in [0.15, 0.2) is 10.5 Å². The van der Waals surface area contributed by atoms with E-state index in [1.54, 1.807) is 12.3 Å². The number of aromatic nitrogens is 1. The molecular weight excluding hydrogens is 394 g/mol. The second kappa shape index (κ2) is 7.08. The first-order chi connectivity index (χ1) is 12.8. The molecule has 1 unspecified atom stereocenters. The number of esters is 1. The Morgan fingerprint density at radius 2 is 2.04 bits per heavy atom. The molecule has 27 heavy (non-hydrogen) atoms. The number of nitrogens with zero attached hydrogens (tertiary/aromatic N) is 2. The summed E-state index contributed by atoms with van der Waals surface area (Å²) in [6, 6.07) is 4.56. The second-order valence-corrected chi connectivity index (χ2v) is 8.61. The summed E-state index contributed by atoms with van der Waals surface area (Å²) in [6.07, 6.45) is -0.677. The zero-order chi connectivity index (χ0) is 19.8. The summed E-state index contributed by atoms with van der Waals surface area (Å²) in [4.78, 5) is 41.7. The second-order valence-electron chi connectivity index (χ2n) is 5.68. The number of fused-ring (bicyclic) bond motifs is 1. The first kappa shape index (κ1) is 19.0. The number of ether oxygens (including phenoxy) is 1. The minimum absolute atomic E-state index is 0.135. The van der Waals surface area contributed by atoms with E-state index in [1.807, 2.05) is 0 Å². The quantitative estimate of drug-likeness (QED) is 0.767. The highest BCUT2D eigenvalue weighted by atomic mass is 32.2.